The Bertz CT molecular complexity index is 455. The highest BCUT2D eigenvalue weighted by atomic mass is 19.1. The molecule has 1 aromatic rings. The smallest absolute Gasteiger partial charge is 0.221 e. The van der Waals surface area contributed by atoms with Crippen molar-refractivity contribution in [1.82, 2.24) is 10.6 Å². The van der Waals surface area contributed by atoms with E-state index in [1.165, 1.54) is 6.07 Å². The van der Waals surface area contributed by atoms with E-state index in [0.29, 0.717) is 31.8 Å². The highest BCUT2D eigenvalue weighted by Gasteiger charge is 2.09. The third-order valence-corrected chi connectivity index (χ3v) is 3.19. The molecule has 0 aliphatic rings. The Kier molecular flexibility index (Phi) is 7.71. The summed E-state index contributed by atoms with van der Waals surface area (Å²) < 4.78 is 19.0. The fraction of sp³-hybridized carbons (Fsp3) is 0.533. The standard InChI is InChI=1S/C15H24FN3O2/c1-17-15(20)6-8-19(2)14-5-4-12(10-13(14)16)11-18-7-9-21-3/h4-5,10,18H,6-9,11H2,1-3H3,(H,17,20). The lowest BCUT2D eigenvalue weighted by Crippen LogP contribution is -2.27. The first-order chi connectivity index (χ1) is 10.1. The number of carbonyl (C=O) groups is 1. The number of rotatable bonds is 9. The normalized spacial score (nSPS) is 10.5. The fourth-order valence-electron chi connectivity index (χ4n) is 1.89. The predicted molar refractivity (Wildman–Crippen MR) is 81.9 cm³/mol. The second-order valence-corrected chi connectivity index (χ2v) is 4.80. The van der Waals surface area contributed by atoms with E-state index in [0.717, 1.165) is 12.1 Å². The number of anilines is 1. The number of methoxy groups -OCH3 is 1. The van der Waals surface area contributed by atoms with Crippen LogP contribution < -0.4 is 15.5 Å². The molecule has 1 amide bonds. The maximum Gasteiger partial charge on any atom is 0.221 e. The van der Waals surface area contributed by atoms with Crippen LogP contribution in [-0.4, -0.2) is 46.8 Å². The van der Waals surface area contributed by atoms with Gasteiger partial charge in [0, 0.05) is 47.3 Å². The van der Waals surface area contributed by atoms with Crippen molar-refractivity contribution in [3.63, 3.8) is 0 Å². The van der Waals surface area contributed by atoms with E-state index in [1.54, 1.807) is 32.2 Å². The maximum absolute atomic E-state index is 14.1. The Morgan fingerprint density at radius 1 is 1.43 bits per heavy atom. The van der Waals surface area contributed by atoms with E-state index >= 15 is 0 Å². The highest BCUT2D eigenvalue weighted by molar-refractivity contribution is 5.76. The van der Waals surface area contributed by atoms with Gasteiger partial charge in [-0.3, -0.25) is 4.79 Å². The van der Waals surface area contributed by atoms with Crippen LogP contribution in [-0.2, 0) is 16.1 Å². The van der Waals surface area contributed by atoms with Gasteiger partial charge < -0.3 is 20.3 Å². The van der Waals surface area contributed by atoms with Crippen LogP contribution in [0.15, 0.2) is 18.2 Å². The topological polar surface area (TPSA) is 53.6 Å². The van der Waals surface area contributed by atoms with E-state index in [-0.39, 0.29) is 11.7 Å². The Morgan fingerprint density at radius 2 is 2.19 bits per heavy atom. The average molecular weight is 297 g/mol. The molecule has 21 heavy (non-hydrogen) atoms. The van der Waals surface area contributed by atoms with Gasteiger partial charge in [0.25, 0.3) is 0 Å². The molecule has 0 aliphatic heterocycles. The lowest BCUT2D eigenvalue weighted by molar-refractivity contribution is -0.120. The minimum Gasteiger partial charge on any atom is -0.383 e. The summed E-state index contributed by atoms with van der Waals surface area (Å²) in [5.41, 5.74) is 1.38. The van der Waals surface area contributed by atoms with Crippen molar-refractivity contribution in [2.75, 3.05) is 45.8 Å². The first-order valence-electron chi connectivity index (χ1n) is 6.98. The molecule has 0 aliphatic carbocycles. The number of carbonyl (C=O) groups excluding carboxylic acids is 1. The van der Waals surface area contributed by atoms with Crippen LogP contribution in [0.2, 0.25) is 0 Å². The zero-order chi connectivity index (χ0) is 15.7. The van der Waals surface area contributed by atoms with E-state index in [2.05, 4.69) is 10.6 Å². The van der Waals surface area contributed by atoms with Crippen molar-refractivity contribution < 1.29 is 13.9 Å². The second kappa shape index (κ2) is 9.31. The van der Waals surface area contributed by atoms with Crippen molar-refractivity contribution in [3.8, 4) is 0 Å². The van der Waals surface area contributed by atoms with Crippen LogP contribution >= 0.6 is 0 Å². The summed E-state index contributed by atoms with van der Waals surface area (Å²) in [7, 11) is 5.01. The lowest BCUT2D eigenvalue weighted by atomic mass is 10.1. The SMILES string of the molecule is CNC(=O)CCN(C)c1ccc(CNCCOC)cc1F. The van der Waals surface area contributed by atoms with Gasteiger partial charge in [-0.15, -0.1) is 0 Å². The summed E-state index contributed by atoms with van der Waals surface area (Å²) in [5, 5.41) is 5.72. The molecule has 0 radical (unpaired) electrons. The average Bonchev–Trinajstić information content (AvgIpc) is 2.49. The molecule has 0 aromatic heterocycles. The second-order valence-electron chi connectivity index (χ2n) is 4.80. The molecule has 118 valence electrons. The van der Waals surface area contributed by atoms with Gasteiger partial charge >= 0.3 is 0 Å². The summed E-state index contributed by atoms with van der Waals surface area (Å²) >= 11 is 0. The third-order valence-electron chi connectivity index (χ3n) is 3.19. The quantitative estimate of drug-likeness (QED) is 0.671. The van der Waals surface area contributed by atoms with Gasteiger partial charge in [0.1, 0.15) is 5.82 Å². The first kappa shape index (κ1) is 17.4. The molecule has 0 bridgehead atoms. The van der Waals surface area contributed by atoms with Crippen molar-refractivity contribution in [2.24, 2.45) is 0 Å². The van der Waals surface area contributed by atoms with Gasteiger partial charge in [-0.25, -0.2) is 4.39 Å². The number of nitrogens with one attached hydrogen (secondary N) is 2. The number of amides is 1. The summed E-state index contributed by atoms with van der Waals surface area (Å²) in [6, 6.07) is 5.15. The number of hydrogen-bond donors (Lipinski definition) is 2. The molecule has 6 heteroatoms. The molecular weight excluding hydrogens is 273 g/mol. The molecule has 1 aromatic carbocycles. The van der Waals surface area contributed by atoms with Gasteiger partial charge in [0.15, 0.2) is 0 Å². The van der Waals surface area contributed by atoms with Gasteiger partial charge in [-0.2, -0.15) is 0 Å². The van der Waals surface area contributed by atoms with Crippen LogP contribution in [0.5, 0.6) is 0 Å². The zero-order valence-corrected chi connectivity index (χ0v) is 12.9. The minimum absolute atomic E-state index is 0.0544. The summed E-state index contributed by atoms with van der Waals surface area (Å²) in [4.78, 5) is 13.0. The first-order valence-corrected chi connectivity index (χ1v) is 6.98. The van der Waals surface area contributed by atoms with E-state index in [4.69, 9.17) is 4.74 Å². The molecule has 0 unspecified atom stereocenters. The highest BCUT2D eigenvalue weighted by Crippen LogP contribution is 2.19. The van der Waals surface area contributed by atoms with E-state index in [9.17, 15) is 9.18 Å². The van der Waals surface area contributed by atoms with Crippen LogP contribution in [0.3, 0.4) is 0 Å². The maximum atomic E-state index is 14.1. The van der Waals surface area contributed by atoms with Crippen LogP contribution in [0.1, 0.15) is 12.0 Å². The molecule has 0 saturated carbocycles. The van der Waals surface area contributed by atoms with Gasteiger partial charge in [0.2, 0.25) is 5.91 Å². The molecule has 0 heterocycles. The predicted octanol–water partition coefficient (Wildman–Crippen LogP) is 1.13. The number of ether oxygens (including phenoxy) is 1. The number of halogens is 1. The summed E-state index contributed by atoms with van der Waals surface area (Å²) in [5.74, 6) is -0.332. The van der Waals surface area contributed by atoms with Crippen molar-refractivity contribution in [1.29, 1.82) is 0 Å². The Morgan fingerprint density at radius 3 is 2.81 bits per heavy atom. The third kappa shape index (κ3) is 6.10. The number of hydrogen-bond acceptors (Lipinski definition) is 4. The molecule has 1 rings (SSSR count). The van der Waals surface area contributed by atoms with Crippen LogP contribution in [0.4, 0.5) is 10.1 Å². The van der Waals surface area contributed by atoms with Crippen molar-refractivity contribution in [3.05, 3.63) is 29.6 Å². The van der Waals surface area contributed by atoms with Gasteiger partial charge in [-0.05, 0) is 17.7 Å². The lowest BCUT2D eigenvalue weighted by Gasteiger charge is -2.20. The molecule has 0 saturated heterocycles. The molecule has 0 spiro atoms. The largest absolute Gasteiger partial charge is 0.383 e. The molecule has 2 N–H and O–H groups in total. The van der Waals surface area contributed by atoms with Gasteiger partial charge in [0.05, 0.1) is 12.3 Å². The minimum atomic E-state index is -0.277. The molecule has 0 atom stereocenters. The van der Waals surface area contributed by atoms with E-state index < -0.39 is 0 Å². The van der Waals surface area contributed by atoms with Crippen molar-refractivity contribution in [2.45, 2.75) is 13.0 Å². The number of nitrogens with zero attached hydrogens (tertiary/aromatic N) is 1. The molecule has 0 fully saturated rings. The van der Waals surface area contributed by atoms with Crippen molar-refractivity contribution >= 4 is 11.6 Å². The zero-order valence-electron chi connectivity index (χ0n) is 12.9. The Hall–Kier alpha value is -1.66. The molecular formula is C15H24FN3O2. The van der Waals surface area contributed by atoms with Gasteiger partial charge in [-0.1, -0.05) is 6.07 Å². The monoisotopic (exact) mass is 297 g/mol. The summed E-state index contributed by atoms with van der Waals surface area (Å²) in [6.45, 7) is 2.43. The van der Waals surface area contributed by atoms with Crippen LogP contribution in [0.25, 0.3) is 0 Å². The summed E-state index contributed by atoms with van der Waals surface area (Å²) in [6.07, 6.45) is 0.340. The Balaban J connectivity index is 2.54. The molecule has 5 nitrogen and oxygen atoms in total. The fourth-order valence-corrected chi connectivity index (χ4v) is 1.89. The Labute approximate surface area is 125 Å². The van der Waals surface area contributed by atoms with Crippen LogP contribution in [0, 0.1) is 5.82 Å². The number of benzene rings is 1. The van der Waals surface area contributed by atoms with E-state index in [1.807, 2.05) is 6.07 Å².